The summed E-state index contributed by atoms with van der Waals surface area (Å²) in [4.78, 5) is 0. The van der Waals surface area contributed by atoms with Gasteiger partial charge >= 0.3 is 0 Å². The van der Waals surface area contributed by atoms with Crippen molar-refractivity contribution in [3.63, 3.8) is 0 Å². The highest BCUT2D eigenvalue weighted by Gasteiger charge is 2.05. The second-order valence-electron chi connectivity index (χ2n) is 3.11. The minimum Gasteiger partial charge on any atom is -0.390 e. The van der Waals surface area contributed by atoms with Gasteiger partial charge in [-0.05, 0) is 24.3 Å². The van der Waals surface area contributed by atoms with Crippen LogP contribution in [0.5, 0.6) is 0 Å². The lowest BCUT2D eigenvalue weighted by molar-refractivity contribution is 0.276. The van der Waals surface area contributed by atoms with Gasteiger partial charge in [0.05, 0.1) is 18.0 Å². The van der Waals surface area contributed by atoms with Gasteiger partial charge in [-0.25, -0.2) is 9.07 Å². The molecule has 2 aromatic rings. The molecular formula is C10H10FN3O. The summed E-state index contributed by atoms with van der Waals surface area (Å²) >= 11 is 0. The average Bonchev–Trinajstić information content (AvgIpc) is 2.61. The maximum Gasteiger partial charge on any atom is 0.127 e. The average molecular weight is 207 g/mol. The van der Waals surface area contributed by atoms with Gasteiger partial charge in [0, 0.05) is 6.07 Å². The third-order valence-electron chi connectivity index (χ3n) is 2.02. The Morgan fingerprint density at radius 2 is 2.00 bits per heavy atom. The molecule has 78 valence electrons. The number of rotatable bonds is 2. The van der Waals surface area contributed by atoms with Crippen LogP contribution in [0.3, 0.4) is 0 Å². The number of benzene rings is 1. The van der Waals surface area contributed by atoms with Crippen molar-refractivity contribution in [2.75, 3.05) is 5.73 Å². The molecule has 1 heterocycles. The van der Waals surface area contributed by atoms with Gasteiger partial charge in [0.25, 0.3) is 0 Å². The van der Waals surface area contributed by atoms with Crippen molar-refractivity contribution in [1.82, 2.24) is 9.78 Å². The van der Waals surface area contributed by atoms with Gasteiger partial charge in [0.1, 0.15) is 11.6 Å². The van der Waals surface area contributed by atoms with Gasteiger partial charge in [-0.15, -0.1) is 0 Å². The molecular weight excluding hydrogens is 197 g/mol. The number of nitrogens with zero attached hydrogens (tertiary/aromatic N) is 2. The van der Waals surface area contributed by atoms with E-state index in [2.05, 4.69) is 5.10 Å². The Labute approximate surface area is 85.8 Å². The van der Waals surface area contributed by atoms with Gasteiger partial charge in [0.15, 0.2) is 0 Å². The number of aliphatic hydroxyl groups excluding tert-OH is 1. The molecule has 4 nitrogen and oxygen atoms in total. The highest BCUT2D eigenvalue weighted by Crippen LogP contribution is 2.14. The number of aliphatic hydroxyl groups is 1. The minimum atomic E-state index is -0.313. The van der Waals surface area contributed by atoms with Gasteiger partial charge in [-0.2, -0.15) is 5.10 Å². The first kappa shape index (κ1) is 9.67. The molecule has 1 aromatic carbocycles. The zero-order valence-corrected chi connectivity index (χ0v) is 7.89. The molecule has 0 aliphatic carbocycles. The van der Waals surface area contributed by atoms with Crippen LogP contribution in [0.4, 0.5) is 10.2 Å². The first-order valence-electron chi connectivity index (χ1n) is 4.42. The van der Waals surface area contributed by atoms with Crippen LogP contribution >= 0.6 is 0 Å². The molecule has 0 aliphatic heterocycles. The Balaban J connectivity index is 2.44. The summed E-state index contributed by atoms with van der Waals surface area (Å²) in [5.74, 6) is 0.0949. The lowest BCUT2D eigenvalue weighted by Crippen LogP contribution is -2.01. The van der Waals surface area contributed by atoms with Gasteiger partial charge in [-0.3, -0.25) is 0 Å². The van der Waals surface area contributed by atoms with Crippen LogP contribution in [0.25, 0.3) is 5.69 Å². The SMILES string of the molecule is Nc1cc(CO)nn1-c1ccc(F)cc1. The molecule has 0 saturated heterocycles. The summed E-state index contributed by atoms with van der Waals surface area (Å²) in [6.45, 7) is -0.168. The molecule has 0 aliphatic rings. The summed E-state index contributed by atoms with van der Waals surface area (Å²) in [7, 11) is 0. The molecule has 1 aromatic heterocycles. The first-order chi connectivity index (χ1) is 7.20. The van der Waals surface area contributed by atoms with E-state index in [0.29, 0.717) is 17.2 Å². The summed E-state index contributed by atoms with van der Waals surface area (Å²) in [5, 5.41) is 12.9. The van der Waals surface area contributed by atoms with Gasteiger partial charge in [0.2, 0.25) is 0 Å². The maximum absolute atomic E-state index is 12.7. The molecule has 0 unspecified atom stereocenters. The molecule has 0 saturated carbocycles. The van der Waals surface area contributed by atoms with Crippen LogP contribution in [-0.2, 0) is 6.61 Å². The second-order valence-corrected chi connectivity index (χ2v) is 3.11. The van der Waals surface area contributed by atoms with Crippen molar-refractivity contribution in [2.45, 2.75) is 6.61 Å². The first-order valence-corrected chi connectivity index (χ1v) is 4.42. The van der Waals surface area contributed by atoms with Crippen LogP contribution in [-0.4, -0.2) is 14.9 Å². The molecule has 0 atom stereocenters. The fourth-order valence-electron chi connectivity index (χ4n) is 1.31. The van der Waals surface area contributed by atoms with Crippen molar-refractivity contribution in [2.24, 2.45) is 0 Å². The third-order valence-corrected chi connectivity index (χ3v) is 2.02. The van der Waals surface area contributed by atoms with E-state index in [9.17, 15) is 4.39 Å². The van der Waals surface area contributed by atoms with Crippen molar-refractivity contribution in [3.05, 3.63) is 41.8 Å². The predicted molar refractivity (Wildman–Crippen MR) is 53.9 cm³/mol. The molecule has 0 bridgehead atoms. The molecule has 2 rings (SSSR count). The Morgan fingerprint density at radius 1 is 1.33 bits per heavy atom. The molecule has 0 amide bonds. The van der Waals surface area contributed by atoms with E-state index in [1.54, 1.807) is 18.2 Å². The van der Waals surface area contributed by atoms with Crippen LogP contribution in [0, 0.1) is 5.82 Å². The van der Waals surface area contributed by atoms with E-state index < -0.39 is 0 Å². The highest BCUT2D eigenvalue weighted by atomic mass is 19.1. The van der Waals surface area contributed by atoms with Crippen molar-refractivity contribution in [3.8, 4) is 5.69 Å². The summed E-state index contributed by atoms with van der Waals surface area (Å²) < 4.78 is 14.1. The van der Waals surface area contributed by atoms with E-state index in [1.165, 1.54) is 16.8 Å². The zero-order valence-electron chi connectivity index (χ0n) is 7.89. The summed E-state index contributed by atoms with van der Waals surface area (Å²) in [6, 6.07) is 7.37. The topological polar surface area (TPSA) is 64.1 Å². The smallest absolute Gasteiger partial charge is 0.127 e. The van der Waals surface area contributed by atoms with Crippen LogP contribution < -0.4 is 5.73 Å². The van der Waals surface area contributed by atoms with Crippen LogP contribution in [0.2, 0.25) is 0 Å². The Morgan fingerprint density at radius 3 is 2.53 bits per heavy atom. The molecule has 0 radical (unpaired) electrons. The number of hydrogen-bond acceptors (Lipinski definition) is 3. The largest absolute Gasteiger partial charge is 0.390 e. The number of halogens is 1. The van der Waals surface area contributed by atoms with Crippen LogP contribution in [0.15, 0.2) is 30.3 Å². The molecule has 0 fully saturated rings. The number of anilines is 1. The fourth-order valence-corrected chi connectivity index (χ4v) is 1.31. The highest BCUT2D eigenvalue weighted by molar-refractivity contribution is 5.42. The van der Waals surface area contributed by atoms with E-state index in [1.807, 2.05) is 0 Å². The molecule has 5 heteroatoms. The quantitative estimate of drug-likeness (QED) is 0.774. The van der Waals surface area contributed by atoms with E-state index >= 15 is 0 Å². The van der Waals surface area contributed by atoms with Crippen molar-refractivity contribution >= 4 is 5.82 Å². The standard InChI is InChI=1S/C10H10FN3O/c11-7-1-3-9(4-2-7)14-10(12)5-8(6-15)13-14/h1-5,15H,6,12H2. The maximum atomic E-state index is 12.7. The summed E-state index contributed by atoms with van der Waals surface area (Å²) in [5.41, 5.74) is 6.83. The number of hydrogen-bond donors (Lipinski definition) is 2. The van der Waals surface area contributed by atoms with Crippen LogP contribution in [0.1, 0.15) is 5.69 Å². The van der Waals surface area contributed by atoms with E-state index in [0.717, 1.165) is 0 Å². The lowest BCUT2D eigenvalue weighted by atomic mass is 10.3. The van der Waals surface area contributed by atoms with E-state index in [-0.39, 0.29) is 12.4 Å². The Kier molecular flexibility index (Phi) is 2.39. The fraction of sp³-hybridized carbons (Fsp3) is 0.100. The van der Waals surface area contributed by atoms with E-state index in [4.69, 9.17) is 10.8 Å². The Bertz CT molecular complexity index is 464. The molecule has 0 spiro atoms. The third kappa shape index (κ3) is 1.82. The lowest BCUT2D eigenvalue weighted by Gasteiger charge is -2.02. The second kappa shape index (κ2) is 3.70. The number of aromatic nitrogens is 2. The number of nitrogen functional groups attached to an aromatic ring is 1. The molecule has 3 N–H and O–H groups in total. The Hall–Kier alpha value is -1.88. The zero-order chi connectivity index (χ0) is 10.8. The van der Waals surface area contributed by atoms with Crippen molar-refractivity contribution < 1.29 is 9.50 Å². The normalized spacial score (nSPS) is 10.5. The minimum absolute atomic E-state index is 0.168. The number of nitrogens with two attached hydrogens (primary N) is 1. The predicted octanol–water partition coefficient (Wildman–Crippen LogP) is 1.09. The molecule has 15 heavy (non-hydrogen) atoms. The van der Waals surface area contributed by atoms with Gasteiger partial charge < -0.3 is 10.8 Å². The van der Waals surface area contributed by atoms with Gasteiger partial charge in [-0.1, -0.05) is 0 Å². The monoisotopic (exact) mass is 207 g/mol. The summed E-state index contributed by atoms with van der Waals surface area (Å²) in [6.07, 6.45) is 0. The van der Waals surface area contributed by atoms with Crippen molar-refractivity contribution in [1.29, 1.82) is 0 Å².